The maximum absolute atomic E-state index is 5.80. The first kappa shape index (κ1) is 12.6. The lowest BCUT2D eigenvalue weighted by molar-refractivity contribution is 0.118. The van der Waals surface area contributed by atoms with Gasteiger partial charge in [-0.15, -0.1) is 11.3 Å². The maximum Gasteiger partial charge on any atom is 0.0734 e. The molecule has 0 atom stereocenters. The molecular formula is C14H19NOS. The third-order valence-electron chi connectivity index (χ3n) is 2.86. The highest BCUT2D eigenvalue weighted by atomic mass is 32.1. The minimum atomic E-state index is 0.603. The van der Waals surface area contributed by atoms with E-state index in [9.17, 15) is 0 Å². The van der Waals surface area contributed by atoms with Crippen molar-refractivity contribution in [3.05, 3.63) is 34.7 Å². The van der Waals surface area contributed by atoms with Gasteiger partial charge in [-0.2, -0.15) is 0 Å². The Morgan fingerprint density at radius 1 is 1.29 bits per heavy atom. The lowest BCUT2D eigenvalue weighted by atomic mass is 10.1. The quantitative estimate of drug-likeness (QED) is 0.793. The zero-order valence-electron chi connectivity index (χ0n) is 10.2. The lowest BCUT2D eigenvalue weighted by Crippen LogP contribution is -2.00. The Hall–Kier alpha value is -0.900. The number of fused-ring (bicyclic) bond motifs is 1. The molecule has 2 N–H and O–H groups in total. The van der Waals surface area contributed by atoms with Crippen LogP contribution in [0.5, 0.6) is 0 Å². The van der Waals surface area contributed by atoms with Crippen LogP contribution in [0.1, 0.15) is 30.2 Å². The number of thiophene rings is 1. The minimum absolute atomic E-state index is 0.603. The van der Waals surface area contributed by atoms with Crippen LogP contribution in [0.3, 0.4) is 0 Å². The molecule has 92 valence electrons. The average Bonchev–Trinajstić information content (AvgIpc) is 2.73. The summed E-state index contributed by atoms with van der Waals surface area (Å²) in [6.07, 6.45) is 2.30. The Labute approximate surface area is 106 Å². The van der Waals surface area contributed by atoms with E-state index in [1.54, 1.807) is 11.3 Å². The Morgan fingerprint density at radius 2 is 2.12 bits per heavy atom. The van der Waals surface area contributed by atoms with E-state index < -0.39 is 0 Å². The Kier molecular flexibility index (Phi) is 4.54. The Balaban J connectivity index is 2.18. The molecule has 0 spiro atoms. The first-order chi connectivity index (χ1) is 8.36. The number of nitrogens with two attached hydrogens (primary N) is 1. The molecule has 1 aromatic heterocycles. The summed E-state index contributed by atoms with van der Waals surface area (Å²) < 4.78 is 7.03. The summed E-state index contributed by atoms with van der Waals surface area (Å²) in [5, 5.41) is 1.30. The summed E-state index contributed by atoms with van der Waals surface area (Å²) in [5.41, 5.74) is 7.08. The van der Waals surface area contributed by atoms with E-state index in [-0.39, 0.29) is 0 Å². The molecule has 0 fully saturated rings. The zero-order chi connectivity index (χ0) is 12.1. The number of hydrogen-bond donors (Lipinski definition) is 1. The van der Waals surface area contributed by atoms with Gasteiger partial charge >= 0.3 is 0 Å². The molecule has 1 heterocycles. The Morgan fingerprint density at radius 3 is 2.88 bits per heavy atom. The van der Waals surface area contributed by atoms with Crippen LogP contribution < -0.4 is 5.73 Å². The maximum atomic E-state index is 5.80. The van der Waals surface area contributed by atoms with Crippen molar-refractivity contribution in [1.29, 1.82) is 0 Å². The third kappa shape index (κ3) is 2.86. The largest absolute Gasteiger partial charge is 0.377 e. The summed E-state index contributed by atoms with van der Waals surface area (Å²) in [6, 6.07) is 8.45. The molecule has 0 bridgehead atoms. The number of hydrogen-bond acceptors (Lipinski definition) is 3. The molecule has 3 heteroatoms. The van der Waals surface area contributed by atoms with Crippen molar-refractivity contribution >= 4 is 21.4 Å². The van der Waals surface area contributed by atoms with E-state index in [1.165, 1.54) is 26.9 Å². The molecule has 0 saturated heterocycles. The SMILES string of the molecule is CCCCOCc1c(CN)sc2ccccc12. The third-order valence-corrected chi connectivity index (χ3v) is 4.09. The van der Waals surface area contributed by atoms with E-state index in [2.05, 4.69) is 31.2 Å². The van der Waals surface area contributed by atoms with Crippen LogP contribution in [0.25, 0.3) is 10.1 Å². The molecule has 0 aliphatic rings. The van der Waals surface area contributed by atoms with Gasteiger partial charge in [0.05, 0.1) is 6.61 Å². The van der Waals surface area contributed by atoms with Crippen LogP contribution in [-0.4, -0.2) is 6.61 Å². The smallest absolute Gasteiger partial charge is 0.0734 e. The molecular weight excluding hydrogens is 230 g/mol. The van der Waals surface area contributed by atoms with Gasteiger partial charge in [0.15, 0.2) is 0 Å². The average molecular weight is 249 g/mol. The molecule has 1 aromatic carbocycles. The molecule has 0 saturated carbocycles. The van der Waals surface area contributed by atoms with Crippen LogP contribution in [0, 0.1) is 0 Å². The van der Waals surface area contributed by atoms with Crippen LogP contribution in [-0.2, 0) is 17.9 Å². The molecule has 0 amide bonds. The lowest BCUT2D eigenvalue weighted by Gasteiger charge is -2.04. The topological polar surface area (TPSA) is 35.2 Å². The first-order valence-electron chi connectivity index (χ1n) is 6.14. The van der Waals surface area contributed by atoms with Crippen LogP contribution in [0.4, 0.5) is 0 Å². The molecule has 17 heavy (non-hydrogen) atoms. The highest BCUT2D eigenvalue weighted by Gasteiger charge is 2.10. The van der Waals surface area contributed by atoms with Gasteiger partial charge in [0, 0.05) is 28.3 Å². The fourth-order valence-electron chi connectivity index (χ4n) is 1.89. The van der Waals surface area contributed by atoms with Crippen LogP contribution >= 0.6 is 11.3 Å². The van der Waals surface area contributed by atoms with Gasteiger partial charge in [-0.25, -0.2) is 0 Å². The molecule has 2 rings (SSSR count). The van der Waals surface area contributed by atoms with Gasteiger partial charge < -0.3 is 10.5 Å². The van der Waals surface area contributed by atoms with Crippen molar-refractivity contribution < 1.29 is 4.74 Å². The van der Waals surface area contributed by atoms with Gasteiger partial charge in [0.1, 0.15) is 0 Å². The van der Waals surface area contributed by atoms with Gasteiger partial charge in [-0.1, -0.05) is 31.5 Å². The molecule has 2 nitrogen and oxygen atoms in total. The minimum Gasteiger partial charge on any atom is -0.377 e. The fraction of sp³-hybridized carbons (Fsp3) is 0.429. The second-order valence-corrected chi connectivity index (χ2v) is 5.25. The van der Waals surface area contributed by atoms with Gasteiger partial charge in [0.2, 0.25) is 0 Å². The van der Waals surface area contributed by atoms with Crippen molar-refractivity contribution in [3.63, 3.8) is 0 Å². The van der Waals surface area contributed by atoms with E-state index in [1.807, 2.05) is 0 Å². The summed E-state index contributed by atoms with van der Waals surface area (Å²) in [4.78, 5) is 1.25. The molecule has 0 aliphatic heterocycles. The number of ether oxygens (including phenoxy) is 1. The van der Waals surface area contributed by atoms with Crippen molar-refractivity contribution in [1.82, 2.24) is 0 Å². The predicted molar refractivity (Wildman–Crippen MR) is 74.3 cm³/mol. The van der Waals surface area contributed by atoms with E-state index in [0.29, 0.717) is 13.2 Å². The molecule has 0 unspecified atom stereocenters. The van der Waals surface area contributed by atoms with Crippen molar-refractivity contribution in [2.75, 3.05) is 6.61 Å². The normalized spacial score (nSPS) is 11.2. The predicted octanol–water partition coefficient (Wildman–Crippen LogP) is 3.68. The summed E-state index contributed by atoms with van der Waals surface area (Å²) in [5.74, 6) is 0. The van der Waals surface area contributed by atoms with Crippen molar-refractivity contribution in [3.8, 4) is 0 Å². The first-order valence-corrected chi connectivity index (χ1v) is 6.95. The highest BCUT2D eigenvalue weighted by molar-refractivity contribution is 7.19. The number of unbranched alkanes of at least 4 members (excludes halogenated alkanes) is 1. The fourth-order valence-corrected chi connectivity index (χ4v) is 2.98. The summed E-state index contributed by atoms with van der Waals surface area (Å²) >= 11 is 1.78. The second kappa shape index (κ2) is 6.15. The van der Waals surface area contributed by atoms with Gasteiger partial charge in [-0.05, 0) is 17.9 Å². The van der Waals surface area contributed by atoms with Gasteiger partial charge in [0.25, 0.3) is 0 Å². The van der Waals surface area contributed by atoms with Crippen molar-refractivity contribution in [2.24, 2.45) is 5.73 Å². The van der Waals surface area contributed by atoms with Crippen LogP contribution in [0.2, 0.25) is 0 Å². The second-order valence-electron chi connectivity index (χ2n) is 4.11. The molecule has 0 aliphatic carbocycles. The monoisotopic (exact) mass is 249 g/mol. The van der Waals surface area contributed by atoms with E-state index in [4.69, 9.17) is 10.5 Å². The summed E-state index contributed by atoms with van der Waals surface area (Å²) in [6.45, 7) is 4.31. The molecule has 2 aromatic rings. The zero-order valence-corrected chi connectivity index (χ0v) is 11.1. The van der Waals surface area contributed by atoms with E-state index in [0.717, 1.165) is 13.0 Å². The van der Waals surface area contributed by atoms with Crippen molar-refractivity contribution in [2.45, 2.75) is 32.9 Å². The standard InChI is InChI=1S/C14H19NOS/c1-2-3-8-16-10-12-11-6-4-5-7-13(11)17-14(12)9-15/h4-7H,2-3,8-10,15H2,1H3. The van der Waals surface area contributed by atoms with E-state index >= 15 is 0 Å². The number of rotatable bonds is 6. The number of benzene rings is 1. The Bertz CT molecular complexity index is 478. The van der Waals surface area contributed by atoms with Crippen LogP contribution in [0.15, 0.2) is 24.3 Å². The summed E-state index contributed by atoms with van der Waals surface area (Å²) in [7, 11) is 0. The van der Waals surface area contributed by atoms with Gasteiger partial charge in [-0.3, -0.25) is 0 Å². The highest BCUT2D eigenvalue weighted by Crippen LogP contribution is 2.31. The molecule has 0 radical (unpaired) electrons.